The molecular weight excluding hydrogens is 294 g/mol. The summed E-state index contributed by atoms with van der Waals surface area (Å²) in [5, 5.41) is 3.42. The molecule has 102 valence electrons. The highest BCUT2D eigenvalue weighted by Crippen LogP contribution is 2.26. The number of thiazole rings is 1. The zero-order chi connectivity index (χ0) is 13.2. The van der Waals surface area contributed by atoms with Gasteiger partial charge in [0, 0.05) is 18.0 Å². The predicted octanol–water partition coefficient (Wildman–Crippen LogP) is 3.67. The fourth-order valence-electron chi connectivity index (χ4n) is 1.76. The Morgan fingerprint density at radius 2 is 1.95 bits per heavy atom. The molecule has 6 heteroatoms. The number of aryl methyl sites for hydroxylation is 1. The number of anilines is 1. The molecule has 0 unspecified atom stereocenters. The maximum atomic E-state index is 12.0. The number of amides is 1. The zero-order valence-corrected chi connectivity index (χ0v) is 12.3. The van der Waals surface area contributed by atoms with Gasteiger partial charge >= 0.3 is 0 Å². The Hall–Kier alpha value is -1.98. The Kier molecular flexibility index (Phi) is 4.32. The average molecular weight is 306 g/mol. The molecule has 1 amide bonds. The molecule has 3 rings (SSSR count). The second-order valence-corrected chi connectivity index (χ2v) is 5.21. The van der Waals surface area contributed by atoms with E-state index >= 15 is 0 Å². The van der Waals surface area contributed by atoms with Crippen LogP contribution in [0.3, 0.4) is 0 Å². The SMILES string of the molecule is Cc1ccc2nc(NC(=O)c3ccncc3)sc2c1.Cl. The molecule has 1 aromatic carbocycles. The third-order valence-corrected chi connectivity index (χ3v) is 3.64. The highest BCUT2D eigenvalue weighted by Gasteiger charge is 2.09. The van der Waals surface area contributed by atoms with Gasteiger partial charge in [0.25, 0.3) is 5.91 Å². The van der Waals surface area contributed by atoms with E-state index in [9.17, 15) is 4.79 Å². The third kappa shape index (κ3) is 2.95. The Labute approximate surface area is 126 Å². The molecule has 0 saturated heterocycles. The fraction of sp³-hybridized carbons (Fsp3) is 0.0714. The van der Waals surface area contributed by atoms with Gasteiger partial charge in [-0.05, 0) is 36.8 Å². The maximum absolute atomic E-state index is 12.0. The number of nitrogens with zero attached hydrogens (tertiary/aromatic N) is 2. The summed E-state index contributed by atoms with van der Waals surface area (Å²) < 4.78 is 1.07. The summed E-state index contributed by atoms with van der Waals surface area (Å²) in [5.41, 5.74) is 2.66. The largest absolute Gasteiger partial charge is 0.298 e. The minimum atomic E-state index is -0.168. The molecule has 0 fully saturated rings. The summed E-state index contributed by atoms with van der Waals surface area (Å²) in [5.74, 6) is -0.168. The van der Waals surface area contributed by atoms with Gasteiger partial charge in [-0.25, -0.2) is 4.98 Å². The minimum absolute atomic E-state index is 0. The Bertz CT molecular complexity index is 743. The number of halogens is 1. The van der Waals surface area contributed by atoms with E-state index in [1.54, 1.807) is 24.5 Å². The summed E-state index contributed by atoms with van der Waals surface area (Å²) >= 11 is 1.48. The van der Waals surface area contributed by atoms with E-state index in [1.807, 2.05) is 19.1 Å². The molecule has 3 aromatic rings. The zero-order valence-electron chi connectivity index (χ0n) is 10.7. The number of nitrogens with one attached hydrogen (secondary N) is 1. The van der Waals surface area contributed by atoms with Crippen LogP contribution in [-0.2, 0) is 0 Å². The van der Waals surface area contributed by atoms with Crippen molar-refractivity contribution in [2.75, 3.05) is 5.32 Å². The van der Waals surface area contributed by atoms with Crippen molar-refractivity contribution in [3.63, 3.8) is 0 Å². The van der Waals surface area contributed by atoms with Crippen molar-refractivity contribution in [2.24, 2.45) is 0 Å². The topological polar surface area (TPSA) is 54.9 Å². The number of fused-ring (bicyclic) bond motifs is 1. The molecule has 0 radical (unpaired) electrons. The third-order valence-electron chi connectivity index (χ3n) is 2.71. The van der Waals surface area contributed by atoms with E-state index < -0.39 is 0 Å². The normalized spacial score (nSPS) is 10.1. The van der Waals surface area contributed by atoms with Crippen molar-refractivity contribution >= 4 is 45.0 Å². The molecule has 2 aromatic heterocycles. The molecule has 20 heavy (non-hydrogen) atoms. The maximum Gasteiger partial charge on any atom is 0.257 e. The van der Waals surface area contributed by atoms with E-state index in [0.29, 0.717) is 10.7 Å². The van der Waals surface area contributed by atoms with Gasteiger partial charge in [0.1, 0.15) is 0 Å². The number of benzene rings is 1. The predicted molar refractivity (Wildman–Crippen MR) is 83.8 cm³/mol. The lowest BCUT2D eigenvalue weighted by atomic mass is 10.2. The summed E-state index contributed by atoms with van der Waals surface area (Å²) in [7, 11) is 0. The number of hydrogen-bond donors (Lipinski definition) is 1. The van der Waals surface area contributed by atoms with Gasteiger partial charge in [-0.1, -0.05) is 17.4 Å². The second-order valence-electron chi connectivity index (χ2n) is 4.18. The van der Waals surface area contributed by atoms with Crippen LogP contribution in [0, 0.1) is 6.92 Å². The van der Waals surface area contributed by atoms with Crippen molar-refractivity contribution in [1.29, 1.82) is 0 Å². The smallest absolute Gasteiger partial charge is 0.257 e. The van der Waals surface area contributed by atoms with E-state index in [2.05, 4.69) is 21.4 Å². The first-order valence-electron chi connectivity index (χ1n) is 5.81. The van der Waals surface area contributed by atoms with Gasteiger partial charge in [0.2, 0.25) is 0 Å². The van der Waals surface area contributed by atoms with Crippen LogP contribution in [0.15, 0.2) is 42.7 Å². The Balaban J connectivity index is 0.00000147. The van der Waals surface area contributed by atoms with E-state index in [-0.39, 0.29) is 18.3 Å². The molecule has 0 bridgehead atoms. The average Bonchev–Trinajstić information content (AvgIpc) is 2.81. The molecule has 2 heterocycles. The number of rotatable bonds is 2. The van der Waals surface area contributed by atoms with Crippen LogP contribution < -0.4 is 5.32 Å². The molecular formula is C14H12ClN3OS. The van der Waals surface area contributed by atoms with Gasteiger partial charge < -0.3 is 0 Å². The van der Waals surface area contributed by atoms with Crippen molar-refractivity contribution in [2.45, 2.75) is 6.92 Å². The second kappa shape index (κ2) is 5.98. The van der Waals surface area contributed by atoms with Gasteiger partial charge in [-0.15, -0.1) is 12.4 Å². The fourth-order valence-corrected chi connectivity index (χ4v) is 2.72. The number of pyridine rings is 1. The van der Waals surface area contributed by atoms with E-state index in [4.69, 9.17) is 0 Å². The van der Waals surface area contributed by atoms with Crippen molar-refractivity contribution in [1.82, 2.24) is 9.97 Å². The van der Waals surface area contributed by atoms with E-state index in [1.165, 1.54) is 16.9 Å². The number of carbonyl (C=O) groups excluding carboxylic acids is 1. The first-order chi connectivity index (χ1) is 9.22. The van der Waals surface area contributed by atoms with Crippen LogP contribution in [-0.4, -0.2) is 15.9 Å². The Morgan fingerprint density at radius 3 is 2.70 bits per heavy atom. The van der Waals surface area contributed by atoms with E-state index in [0.717, 1.165) is 10.2 Å². The van der Waals surface area contributed by atoms with Crippen LogP contribution >= 0.6 is 23.7 Å². The molecule has 1 N–H and O–H groups in total. The molecule has 0 saturated carbocycles. The monoisotopic (exact) mass is 305 g/mol. The van der Waals surface area contributed by atoms with Crippen molar-refractivity contribution in [3.8, 4) is 0 Å². The Morgan fingerprint density at radius 1 is 1.20 bits per heavy atom. The summed E-state index contributed by atoms with van der Waals surface area (Å²) in [6.07, 6.45) is 3.19. The van der Waals surface area contributed by atoms with Gasteiger partial charge in [0.15, 0.2) is 5.13 Å². The highest BCUT2D eigenvalue weighted by molar-refractivity contribution is 7.22. The summed E-state index contributed by atoms with van der Waals surface area (Å²) in [6, 6.07) is 9.38. The molecule has 0 aliphatic carbocycles. The highest BCUT2D eigenvalue weighted by atomic mass is 35.5. The number of aromatic nitrogens is 2. The van der Waals surface area contributed by atoms with Crippen LogP contribution in [0.5, 0.6) is 0 Å². The van der Waals surface area contributed by atoms with Crippen LogP contribution in [0.25, 0.3) is 10.2 Å². The van der Waals surface area contributed by atoms with Gasteiger partial charge in [-0.2, -0.15) is 0 Å². The lowest BCUT2D eigenvalue weighted by molar-refractivity contribution is 0.102. The molecule has 0 aliphatic heterocycles. The first kappa shape index (κ1) is 14.4. The number of carbonyl (C=O) groups is 1. The number of hydrogen-bond acceptors (Lipinski definition) is 4. The standard InChI is InChI=1S/C14H11N3OS.ClH/c1-9-2-3-11-12(8-9)19-14(16-11)17-13(18)10-4-6-15-7-5-10;/h2-8H,1H3,(H,16,17,18);1H. The van der Waals surface area contributed by atoms with Crippen LogP contribution in [0.4, 0.5) is 5.13 Å². The lowest BCUT2D eigenvalue weighted by Gasteiger charge is -1.99. The van der Waals surface area contributed by atoms with Gasteiger partial charge in [-0.3, -0.25) is 15.1 Å². The summed E-state index contributed by atoms with van der Waals surface area (Å²) in [6.45, 7) is 2.04. The van der Waals surface area contributed by atoms with Gasteiger partial charge in [0.05, 0.1) is 10.2 Å². The molecule has 4 nitrogen and oxygen atoms in total. The quantitative estimate of drug-likeness (QED) is 0.786. The molecule has 0 atom stereocenters. The van der Waals surface area contributed by atoms with Crippen LogP contribution in [0.2, 0.25) is 0 Å². The first-order valence-corrected chi connectivity index (χ1v) is 6.62. The molecule has 0 aliphatic rings. The molecule has 0 spiro atoms. The summed E-state index contributed by atoms with van der Waals surface area (Å²) in [4.78, 5) is 20.3. The van der Waals surface area contributed by atoms with Crippen LogP contribution in [0.1, 0.15) is 15.9 Å². The minimum Gasteiger partial charge on any atom is -0.298 e. The van der Waals surface area contributed by atoms with Crippen molar-refractivity contribution < 1.29 is 4.79 Å². The lowest BCUT2D eigenvalue weighted by Crippen LogP contribution is -2.11. The van der Waals surface area contributed by atoms with Crippen molar-refractivity contribution in [3.05, 3.63) is 53.9 Å².